The largest absolute Gasteiger partial charge is 0.388 e. The number of hydrogen-bond donors (Lipinski definition) is 5. The van der Waals surface area contributed by atoms with E-state index in [1.807, 2.05) is 71.3 Å². The Morgan fingerprint density at radius 2 is 1.57 bits per heavy atom. The van der Waals surface area contributed by atoms with Crippen molar-refractivity contribution in [3.63, 3.8) is 0 Å². The van der Waals surface area contributed by atoms with E-state index in [0.29, 0.717) is 42.4 Å². The monoisotopic (exact) mass is 632 g/mol. The van der Waals surface area contributed by atoms with Gasteiger partial charge < -0.3 is 36.0 Å². The van der Waals surface area contributed by atoms with E-state index in [9.17, 15) is 15.0 Å². The Morgan fingerprint density at radius 1 is 0.915 bits per heavy atom. The highest BCUT2D eigenvalue weighted by Gasteiger charge is 2.44. The van der Waals surface area contributed by atoms with Crippen molar-refractivity contribution in [2.75, 3.05) is 29.9 Å². The summed E-state index contributed by atoms with van der Waals surface area (Å²) in [6, 6.07) is 29.0. The molecule has 47 heavy (non-hydrogen) atoms. The highest BCUT2D eigenvalue weighted by Crippen LogP contribution is 2.35. The number of aliphatic hydroxyl groups is 2. The Labute approximate surface area is 273 Å². The first-order valence-electron chi connectivity index (χ1n) is 16.2. The van der Waals surface area contributed by atoms with Gasteiger partial charge >= 0.3 is 0 Å². The number of rotatable bonds is 10. The van der Waals surface area contributed by atoms with Gasteiger partial charge in [0.15, 0.2) is 17.0 Å². The molecule has 5 aromatic rings. The van der Waals surface area contributed by atoms with Crippen LogP contribution < -0.4 is 21.3 Å². The Hall–Kier alpha value is -4.84. The smallest absolute Gasteiger partial charge is 0.229 e. The molecule has 1 amide bonds. The molecule has 1 saturated heterocycles. The first kappa shape index (κ1) is 30.8. The summed E-state index contributed by atoms with van der Waals surface area (Å²) < 4.78 is 1.81. The Morgan fingerprint density at radius 3 is 2.21 bits per heavy atom. The first-order chi connectivity index (χ1) is 22.9. The molecule has 1 aliphatic carbocycles. The summed E-state index contributed by atoms with van der Waals surface area (Å²) in [5, 5.41) is 28.8. The van der Waals surface area contributed by atoms with Gasteiger partial charge in [-0.15, -0.1) is 0 Å². The van der Waals surface area contributed by atoms with Crippen LogP contribution in [0.25, 0.3) is 11.2 Å². The van der Waals surface area contributed by atoms with Crippen molar-refractivity contribution in [2.45, 2.75) is 55.5 Å². The fraction of sp³-hybridized carbons (Fsp3) is 0.333. The van der Waals surface area contributed by atoms with Crippen molar-refractivity contribution in [2.24, 2.45) is 5.73 Å². The number of carbonyl (C=O) groups is 1. The molecule has 242 valence electrons. The van der Waals surface area contributed by atoms with Gasteiger partial charge in [-0.25, -0.2) is 4.98 Å². The number of aliphatic hydroxyl groups excluding tert-OH is 2. The van der Waals surface area contributed by atoms with Gasteiger partial charge in [-0.1, -0.05) is 91.0 Å². The Balaban J connectivity index is 1.18. The molecule has 3 aromatic carbocycles. The van der Waals surface area contributed by atoms with Gasteiger partial charge in [0.2, 0.25) is 11.9 Å². The van der Waals surface area contributed by atoms with Crippen LogP contribution in [0.1, 0.15) is 41.5 Å². The lowest BCUT2D eigenvalue weighted by Crippen LogP contribution is -2.43. The predicted octanol–water partition coefficient (Wildman–Crippen LogP) is 3.00. The third-order valence-corrected chi connectivity index (χ3v) is 9.36. The van der Waals surface area contributed by atoms with E-state index < -0.39 is 24.3 Å². The van der Waals surface area contributed by atoms with Gasteiger partial charge in [-0.05, 0) is 29.5 Å². The van der Waals surface area contributed by atoms with Gasteiger partial charge in [-0.2, -0.15) is 9.97 Å². The fourth-order valence-corrected chi connectivity index (χ4v) is 6.85. The summed E-state index contributed by atoms with van der Waals surface area (Å²) in [5.74, 6) is 0.963. The van der Waals surface area contributed by atoms with Gasteiger partial charge in [0.05, 0.1) is 24.8 Å². The van der Waals surface area contributed by atoms with Crippen molar-refractivity contribution >= 4 is 28.8 Å². The number of nitrogens with two attached hydrogens (primary N) is 1. The van der Waals surface area contributed by atoms with Crippen LogP contribution in [-0.4, -0.2) is 79.6 Å². The summed E-state index contributed by atoms with van der Waals surface area (Å²) in [5.41, 5.74) is 10.6. The van der Waals surface area contributed by atoms with Crippen molar-refractivity contribution < 1.29 is 15.0 Å². The van der Waals surface area contributed by atoms with Crippen LogP contribution in [-0.2, 0) is 11.2 Å². The molecule has 2 aromatic heterocycles. The maximum Gasteiger partial charge on any atom is 0.229 e. The predicted molar refractivity (Wildman–Crippen MR) is 181 cm³/mol. The van der Waals surface area contributed by atoms with Crippen LogP contribution >= 0.6 is 0 Å². The number of nitrogens with one attached hydrogen (secondary N) is 2. The number of fused-ring (bicyclic) bond motifs is 1. The molecular formula is C36H40N8O3. The average Bonchev–Trinajstić information content (AvgIpc) is 3.80. The lowest BCUT2D eigenvalue weighted by Gasteiger charge is -2.22. The minimum absolute atomic E-state index is 0.0308. The SMILES string of the molecule is NC1CCN(c2nc(NCC(c3ccccc3)c3ccccc3)c3ncn(C4CC(NC(=O)Cc5ccccc5)C(O)C4O)c3n2)C1. The topological polar surface area (TPSA) is 154 Å². The van der Waals surface area contributed by atoms with Crippen LogP contribution in [0.4, 0.5) is 11.8 Å². The summed E-state index contributed by atoms with van der Waals surface area (Å²) in [4.78, 5) is 29.5. The molecule has 7 rings (SSSR count). The molecule has 5 atom stereocenters. The summed E-state index contributed by atoms with van der Waals surface area (Å²) in [6.45, 7) is 1.93. The second-order valence-corrected chi connectivity index (χ2v) is 12.6. The van der Waals surface area contributed by atoms with E-state index in [1.54, 1.807) is 6.33 Å². The summed E-state index contributed by atoms with van der Waals surface area (Å²) in [6.07, 6.45) is 0.704. The molecular weight excluding hydrogens is 592 g/mol. The Kier molecular flexibility index (Phi) is 8.84. The maximum absolute atomic E-state index is 12.9. The van der Waals surface area contributed by atoms with E-state index in [0.717, 1.165) is 18.5 Å². The number of amides is 1. The zero-order valence-electron chi connectivity index (χ0n) is 26.1. The molecule has 3 heterocycles. The lowest BCUT2D eigenvalue weighted by molar-refractivity contribution is -0.122. The lowest BCUT2D eigenvalue weighted by atomic mass is 9.91. The van der Waals surface area contributed by atoms with Crippen LogP contribution in [0.3, 0.4) is 0 Å². The van der Waals surface area contributed by atoms with E-state index in [1.165, 1.54) is 11.1 Å². The highest BCUT2D eigenvalue weighted by atomic mass is 16.3. The van der Waals surface area contributed by atoms with E-state index in [2.05, 4.69) is 39.8 Å². The van der Waals surface area contributed by atoms with Crippen LogP contribution in [0, 0.1) is 0 Å². The molecule has 0 radical (unpaired) electrons. The fourth-order valence-electron chi connectivity index (χ4n) is 6.85. The van der Waals surface area contributed by atoms with Gasteiger partial charge in [0.1, 0.15) is 12.2 Å². The minimum Gasteiger partial charge on any atom is -0.388 e. The standard InChI is InChI=1S/C36H40N8O3/c37-26-16-17-43(21-26)36-41-34(38-20-27(24-12-6-2-7-13-24)25-14-8-3-9-15-25)31-35(42-36)44(22-39-31)29-19-28(32(46)33(29)47)40-30(45)18-23-10-4-1-5-11-23/h1-15,22,26-29,32-33,46-47H,16-21,37H2,(H,40,45)(H,38,41,42). The minimum atomic E-state index is -1.15. The maximum atomic E-state index is 12.9. The second kappa shape index (κ2) is 13.5. The molecule has 1 aliphatic heterocycles. The zero-order valence-corrected chi connectivity index (χ0v) is 26.1. The van der Waals surface area contributed by atoms with E-state index in [-0.39, 0.29) is 24.3 Å². The molecule has 2 aliphatic rings. The average molecular weight is 633 g/mol. The number of imidazole rings is 1. The number of aromatic nitrogens is 4. The summed E-state index contributed by atoms with van der Waals surface area (Å²) in [7, 11) is 0. The molecule has 11 heteroatoms. The number of nitrogens with zero attached hydrogens (tertiary/aromatic N) is 5. The van der Waals surface area contributed by atoms with Crippen LogP contribution in [0.5, 0.6) is 0 Å². The number of hydrogen-bond acceptors (Lipinski definition) is 9. The summed E-state index contributed by atoms with van der Waals surface area (Å²) >= 11 is 0. The number of benzene rings is 3. The zero-order chi connectivity index (χ0) is 32.3. The van der Waals surface area contributed by atoms with Crippen molar-refractivity contribution in [3.8, 4) is 0 Å². The van der Waals surface area contributed by atoms with E-state index >= 15 is 0 Å². The van der Waals surface area contributed by atoms with E-state index in [4.69, 9.17) is 20.7 Å². The van der Waals surface area contributed by atoms with Crippen LogP contribution in [0.2, 0.25) is 0 Å². The Bertz CT molecular complexity index is 1760. The van der Waals surface area contributed by atoms with Crippen molar-refractivity contribution in [3.05, 3.63) is 114 Å². The molecule has 5 unspecified atom stereocenters. The van der Waals surface area contributed by atoms with Gasteiger partial charge in [0, 0.05) is 31.6 Å². The molecule has 11 nitrogen and oxygen atoms in total. The van der Waals surface area contributed by atoms with Crippen molar-refractivity contribution in [1.29, 1.82) is 0 Å². The number of anilines is 2. The molecule has 1 saturated carbocycles. The molecule has 2 fully saturated rings. The van der Waals surface area contributed by atoms with Crippen molar-refractivity contribution in [1.82, 2.24) is 24.8 Å². The molecule has 6 N–H and O–H groups in total. The first-order valence-corrected chi connectivity index (χ1v) is 16.2. The van der Waals surface area contributed by atoms with Gasteiger partial charge in [-0.3, -0.25) is 4.79 Å². The molecule has 0 spiro atoms. The quantitative estimate of drug-likeness (QED) is 0.156. The third-order valence-electron chi connectivity index (χ3n) is 9.36. The molecule has 0 bridgehead atoms. The highest BCUT2D eigenvalue weighted by molar-refractivity contribution is 5.85. The number of carbonyl (C=O) groups excluding carboxylic acids is 1. The second-order valence-electron chi connectivity index (χ2n) is 12.6. The van der Waals surface area contributed by atoms with Crippen LogP contribution in [0.15, 0.2) is 97.3 Å². The van der Waals surface area contributed by atoms with Gasteiger partial charge in [0.25, 0.3) is 0 Å². The third kappa shape index (κ3) is 6.55. The normalized spacial score (nSPS) is 22.6.